The maximum Gasteiger partial charge on any atom is 0.261 e. The van der Waals surface area contributed by atoms with E-state index in [0.29, 0.717) is 21.4 Å². The summed E-state index contributed by atoms with van der Waals surface area (Å²) in [5, 5.41) is 8.89. The van der Waals surface area contributed by atoms with Crippen molar-refractivity contribution in [3.63, 3.8) is 0 Å². The van der Waals surface area contributed by atoms with Gasteiger partial charge in [0.1, 0.15) is 0 Å². The lowest BCUT2D eigenvalue weighted by molar-refractivity contribution is 0.601. The molecule has 0 spiro atoms. The molecule has 2 aromatic rings. The van der Waals surface area contributed by atoms with Crippen molar-refractivity contribution in [2.45, 2.75) is 11.8 Å². The van der Waals surface area contributed by atoms with E-state index in [4.69, 9.17) is 11.0 Å². The molecule has 0 atom stereocenters. The van der Waals surface area contributed by atoms with E-state index in [1.54, 1.807) is 25.1 Å². The van der Waals surface area contributed by atoms with Crippen molar-refractivity contribution < 1.29 is 8.42 Å². The van der Waals surface area contributed by atoms with E-state index in [1.807, 2.05) is 6.07 Å². The molecule has 21 heavy (non-hydrogen) atoms. The van der Waals surface area contributed by atoms with Gasteiger partial charge < -0.3 is 5.73 Å². The molecule has 0 saturated carbocycles. The van der Waals surface area contributed by atoms with E-state index in [9.17, 15) is 8.42 Å². The quantitative estimate of drug-likeness (QED) is 0.817. The zero-order valence-electron chi connectivity index (χ0n) is 11.1. The lowest BCUT2D eigenvalue weighted by Crippen LogP contribution is -2.14. The first-order valence-corrected chi connectivity index (χ1v) is 8.20. The van der Waals surface area contributed by atoms with Gasteiger partial charge in [-0.3, -0.25) is 4.72 Å². The van der Waals surface area contributed by atoms with Crippen LogP contribution in [0.2, 0.25) is 0 Å². The number of nitrogen functional groups attached to an aromatic ring is 1. The van der Waals surface area contributed by atoms with Gasteiger partial charge in [-0.1, -0.05) is 6.07 Å². The fraction of sp³-hybridized carbons (Fsp3) is 0.0714. The van der Waals surface area contributed by atoms with Crippen LogP contribution in [0.15, 0.2) is 45.8 Å². The highest BCUT2D eigenvalue weighted by Crippen LogP contribution is 2.25. The normalized spacial score (nSPS) is 10.9. The third kappa shape index (κ3) is 3.35. The first-order chi connectivity index (χ1) is 9.83. The molecule has 0 aliphatic carbocycles. The average Bonchev–Trinajstić information content (AvgIpc) is 2.44. The predicted octanol–water partition coefficient (Wildman–Crippen LogP) is 3.01. The van der Waals surface area contributed by atoms with Crippen LogP contribution in [-0.4, -0.2) is 8.42 Å². The van der Waals surface area contributed by atoms with Crippen molar-refractivity contribution in [2.24, 2.45) is 0 Å². The van der Waals surface area contributed by atoms with Crippen LogP contribution in [-0.2, 0) is 10.0 Å². The van der Waals surface area contributed by atoms with Gasteiger partial charge in [0, 0.05) is 10.2 Å². The maximum absolute atomic E-state index is 12.4. The van der Waals surface area contributed by atoms with Crippen molar-refractivity contribution in [3.8, 4) is 6.07 Å². The smallest absolute Gasteiger partial charge is 0.261 e. The molecule has 5 nitrogen and oxygen atoms in total. The lowest BCUT2D eigenvalue weighted by atomic mass is 10.1. The zero-order chi connectivity index (χ0) is 15.6. The van der Waals surface area contributed by atoms with E-state index in [0.717, 1.165) is 5.56 Å². The van der Waals surface area contributed by atoms with Crippen LogP contribution in [0.3, 0.4) is 0 Å². The van der Waals surface area contributed by atoms with Crippen LogP contribution >= 0.6 is 15.9 Å². The van der Waals surface area contributed by atoms with E-state index < -0.39 is 10.0 Å². The molecular weight excluding hydrogens is 354 g/mol. The summed E-state index contributed by atoms with van der Waals surface area (Å²) in [4.78, 5) is 0.0601. The number of hydrogen-bond donors (Lipinski definition) is 2. The Hall–Kier alpha value is -2.04. The number of rotatable bonds is 3. The molecule has 2 rings (SSSR count). The first kappa shape index (κ1) is 15.4. The minimum atomic E-state index is -3.76. The molecular formula is C14H12BrN3O2S. The Morgan fingerprint density at radius 3 is 2.57 bits per heavy atom. The molecule has 0 bridgehead atoms. The minimum absolute atomic E-state index is 0.0601. The molecule has 3 N–H and O–H groups in total. The molecule has 0 saturated heterocycles. The van der Waals surface area contributed by atoms with Crippen LogP contribution in [0.5, 0.6) is 0 Å². The van der Waals surface area contributed by atoms with Crippen molar-refractivity contribution in [1.82, 2.24) is 0 Å². The van der Waals surface area contributed by atoms with Crippen LogP contribution in [0.25, 0.3) is 0 Å². The number of sulfonamides is 1. The second-order valence-corrected chi connectivity index (χ2v) is 6.97. The van der Waals surface area contributed by atoms with Crippen LogP contribution in [0, 0.1) is 18.3 Å². The summed E-state index contributed by atoms with van der Waals surface area (Å²) < 4.78 is 27.8. The fourth-order valence-corrected chi connectivity index (χ4v) is 3.10. The molecule has 0 heterocycles. The van der Waals surface area contributed by atoms with Gasteiger partial charge in [-0.25, -0.2) is 8.42 Å². The molecule has 2 aromatic carbocycles. The summed E-state index contributed by atoms with van der Waals surface area (Å²) in [5.41, 5.74) is 7.52. The number of hydrogen-bond acceptors (Lipinski definition) is 4. The van der Waals surface area contributed by atoms with Gasteiger partial charge in [-0.05, 0) is 58.7 Å². The van der Waals surface area contributed by atoms with Crippen molar-refractivity contribution >= 4 is 37.3 Å². The zero-order valence-corrected chi connectivity index (χ0v) is 13.5. The summed E-state index contributed by atoms with van der Waals surface area (Å²) in [6.45, 7) is 1.76. The third-order valence-corrected chi connectivity index (χ3v) is 4.97. The van der Waals surface area contributed by atoms with Crippen molar-refractivity contribution in [2.75, 3.05) is 10.5 Å². The van der Waals surface area contributed by atoms with E-state index >= 15 is 0 Å². The number of nitriles is 1. The Morgan fingerprint density at radius 2 is 1.95 bits per heavy atom. The highest BCUT2D eigenvalue weighted by atomic mass is 79.9. The van der Waals surface area contributed by atoms with Gasteiger partial charge in [0.05, 0.1) is 22.2 Å². The molecule has 0 aliphatic heterocycles. The lowest BCUT2D eigenvalue weighted by Gasteiger charge is -2.11. The van der Waals surface area contributed by atoms with Gasteiger partial charge in [0.15, 0.2) is 0 Å². The SMILES string of the molecule is Cc1ccc(C#N)cc1NS(=O)(=O)c1ccc(Br)c(N)c1. The molecule has 7 heteroatoms. The summed E-state index contributed by atoms with van der Waals surface area (Å²) in [7, 11) is -3.76. The van der Waals surface area contributed by atoms with E-state index in [2.05, 4.69) is 20.7 Å². The Balaban J connectivity index is 2.42. The molecule has 0 amide bonds. The molecule has 0 unspecified atom stereocenters. The number of nitrogens with one attached hydrogen (secondary N) is 1. The highest BCUT2D eigenvalue weighted by Gasteiger charge is 2.16. The first-order valence-electron chi connectivity index (χ1n) is 5.92. The van der Waals surface area contributed by atoms with Crippen LogP contribution in [0.1, 0.15) is 11.1 Å². The monoisotopic (exact) mass is 365 g/mol. The van der Waals surface area contributed by atoms with E-state index in [-0.39, 0.29) is 4.90 Å². The molecule has 0 fully saturated rings. The van der Waals surface area contributed by atoms with Gasteiger partial charge in [-0.15, -0.1) is 0 Å². The topological polar surface area (TPSA) is 96.0 Å². The fourth-order valence-electron chi connectivity index (χ4n) is 1.69. The second-order valence-electron chi connectivity index (χ2n) is 4.43. The average molecular weight is 366 g/mol. The number of nitrogens with two attached hydrogens (primary N) is 1. The van der Waals surface area contributed by atoms with Gasteiger partial charge in [0.2, 0.25) is 0 Å². The number of halogens is 1. The number of aryl methyl sites for hydroxylation is 1. The minimum Gasteiger partial charge on any atom is -0.398 e. The summed E-state index contributed by atoms with van der Waals surface area (Å²) in [6.07, 6.45) is 0. The van der Waals surface area contributed by atoms with Crippen LogP contribution < -0.4 is 10.5 Å². The van der Waals surface area contributed by atoms with Crippen LogP contribution in [0.4, 0.5) is 11.4 Å². The summed E-state index contributed by atoms with van der Waals surface area (Å²) in [6, 6.07) is 11.2. The third-order valence-electron chi connectivity index (χ3n) is 2.89. The maximum atomic E-state index is 12.4. The highest BCUT2D eigenvalue weighted by molar-refractivity contribution is 9.10. The Morgan fingerprint density at radius 1 is 1.24 bits per heavy atom. The molecule has 0 aromatic heterocycles. The van der Waals surface area contributed by atoms with Crippen molar-refractivity contribution in [3.05, 3.63) is 52.0 Å². The number of anilines is 2. The van der Waals surface area contributed by atoms with Crippen molar-refractivity contribution in [1.29, 1.82) is 5.26 Å². The van der Waals surface area contributed by atoms with Gasteiger partial charge in [-0.2, -0.15) is 5.26 Å². The largest absolute Gasteiger partial charge is 0.398 e. The Bertz CT molecular complexity index is 842. The summed E-state index contributed by atoms with van der Waals surface area (Å²) >= 11 is 3.22. The standard InChI is InChI=1S/C14H12BrN3O2S/c1-9-2-3-10(8-16)6-14(9)18-21(19,20)11-4-5-12(15)13(17)7-11/h2-7,18H,17H2,1H3. The number of nitrogens with zero attached hydrogens (tertiary/aromatic N) is 1. The Labute approximate surface area is 131 Å². The predicted molar refractivity (Wildman–Crippen MR) is 85.3 cm³/mol. The number of benzene rings is 2. The molecule has 0 radical (unpaired) electrons. The molecule has 0 aliphatic rings. The Kier molecular flexibility index (Phi) is 4.21. The second kappa shape index (κ2) is 5.76. The molecule has 108 valence electrons. The summed E-state index contributed by atoms with van der Waals surface area (Å²) in [5.74, 6) is 0. The van der Waals surface area contributed by atoms with E-state index in [1.165, 1.54) is 18.2 Å². The van der Waals surface area contributed by atoms with Gasteiger partial charge in [0.25, 0.3) is 10.0 Å². The van der Waals surface area contributed by atoms with Gasteiger partial charge >= 0.3 is 0 Å².